The molecule has 0 N–H and O–H groups in total. The predicted octanol–water partition coefficient (Wildman–Crippen LogP) is 2.16. The molecule has 114 valence electrons. The van der Waals surface area contributed by atoms with Gasteiger partial charge in [0.15, 0.2) is 0 Å². The standard InChI is InChI=1S/C13H11ClFN5OS/c1-7-3-11(21)20-13(17-12(18-20)22-2)19(7)6-8-5-16-10(14)4-9(8)15/h3-5H,6H2,1-2H3. The highest BCUT2D eigenvalue weighted by atomic mass is 35.5. The first-order valence-corrected chi connectivity index (χ1v) is 7.91. The molecule has 0 saturated heterocycles. The van der Waals surface area contributed by atoms with E-state index in [1.165, 1.54) is 28.5 Å². The van der Waals surface area contributed by atoms with Crippen molar-refractivity contribution in [2.75, 3.05) is 6.26 Å². The summed E-state index contributed by atoms with van der Waals surface area (Å²) in [6.45, 7) is 1.94. The van der Waals surface area contributed by atoms with Crippen LogP contribution in [-0.4, -0.2) is 30.4 Å². The first kappa shape index (κ1) is 15.0. The van der Waals surface area contributed by atoms with Crippen LogP contribution in [0.4, 0.5) is 4.39 Å². The molecular weight excluding hydrogens is 329 g/mol. The van der Waals surface area contributed by atoms with Gasteiger partial charge in [-0.1, -0.05) is 23.4 Å². The zero-order valence-corrected chi connectivity index (χ0v) is 13.3. The number of rotatable bonds is 3. The molecule has 0 amide bonds. The van der Waals surface area contributed by atoms with Gasteiger partial charge in [0, 0.05) is 29.6 Å². The summed E-state index contributed by atoms with van der Waals surface area (Å²) in [7, 11) is 0. The second kappa shape index (κ2) is 5.69. The Balaban J connectivity index is 2.17. The Bertz CT molecular complexity index is 923. The van der Waals surface area contributed by atoms with Crippen molar-refractivity contribution in [1.29, 1.82) is 0 Å². The Morgan fingerprint density at radius 3 is 2.86 bits per heavy atom. The SMILES string of the molecule is CSc1nc2n(Cc3cnc(Cl)cc3F)c(C)cc(=O)n2n1. The first-order valence-electron chi connectivity index (χ1n) is 6.30. The summed E-state index contributed by atoms with van der Waals surface area (Å²) in [6.07, 6.45) is 3.19. The molecule has 0 aromatic carbocycles. The molecular formula is C13H11ClFN5OS. The van der Waals surface area contributed by atoms with Gasteiger partial charge < -0.3 is 4.57 Å². The van der Waals surface area contributed by atoms with Crippen LogP contribution in [0.15, 0.2) is 28.3 Å². The minimum absolute atomic E-state index is 0.0928. The summed E-state index contributed by atoms with van der Waals surface area (Å²) in [5.41, 5.74) is 0.741. The molecule has 9 heteroatoms. The van der Waals surface area contributed by atoms with E-state index in [9.17, 15) is 9.18 Å². The Kier molecular flexibility index (Phi) is 3.88. The summed E-state index contributed by atoms with van der Waals surface area (Å²) in [5.74, 6) is -0.0930. The topological polar surface area (TPSA) is 65.1 Å². The molecule has 3 aromatic heterocycles. The number of fused-ring (bicyclic) bond motifs is 1. The van der Waals surface area contributed by atoms with Gasteiger partial charge in [-0.3, -0.25) is 4.79 Å². The lowest BCUT2D eigenvalue weighted by molar-refractivity contribution is 0.593. The fraction of sp³-hybridized carbons (Fsp3) is 0.231. The zero-order valence-electron chi connectivity index (χ0n) is 11.7. The lowest BCUT2D eigenvalue weighted by Crippen LogP contribution is -2.21. The molecule has 0 bridgehead atoms. The largest absolute Gasteiger partial charge is 0.310 e. The quantitative estimate of drug-likeness (QED) is 0.540. The van der Waals surface area contributed by atoms with Gasteiger partial charge in [0.05, 0.1) is 6.54 Å². The molecule has 0 radical (unpaired) electrons. The second-order valence-electron chi connectivity index (χ2n) is 4.62. The number of thioether (sulfide) groups is 1. The van der Waals surface area contributed by atoms with Gasteiger partial charge in [-0.25, -0.2) is 9.37 Å². The minimum atomic E-state index is -0.458. The van der Waals surface area contributed by atoms with Crippen LogP contribution < -0.4 is 5.56 Å². The second-order valence-corrected chi connectivity index (χ2v) is 5.78. The summed E-state index contributed by atoms with van der Waals surface area (Å²) < 4.78 is 16.9. The third-order valence-electron chi connectivity index (χ3n) is 3.19. The van der Waals surface area contributed by atoms with Crippen LogP contribution in [0.3, 0.4) is 0 Å². The molecule has 3 rings (SSSR count). The van der Waals surface area contributed by atoms with E-state index in [-0.39, 0.29) is 17.3 Å². The van der Waals surface area contributed by atoms with Crippen molar-refractivity contribution in [2.24, 2.45) is 0 Å². The summed E-state index contributed by atoms with van der Waals surface area (Å²) in [6, 6.07) is 2.59. The summed E-state index contributed by atoms with van der Waals surface area (Å²) in [4.78, 5) is 20.2. The van der Waals surface area contributed by atoms with E-state index in [1.54, 1.807) is 11.5 Å². The fourth-order valence-corrected chi connectivity index (χ4v) is 2.57. The Morgan fingerprint density at radius 2 is 2.18 bits per heavy atom. The molecule has 3 heterocycles. The van der Waals surface area contributed by atoms with Crippen LogP contribution in [0.5, 0.6) is 0 Å². The molecule has 0 fully saturated rings. The zero-order chi connectivity index (χ0) is 15.9. The smallest absolute Gasteiger partial charge is 0.275 e. The number of aryl methyl sites for hydroxylation is 1. The normalized spacial score (nSPS) is 11.3. The molecule has 0 spiro atoms. The molecule has 6 nitrogen and oxygen atoms in total. The maximum atomic E-state index is 14.0. The molecule has 3 aromatic rings. The highest BCUT2D eigenvalue weighted by molar-refractivity contribution is 7.98. The van der Waals surface area contributed by atoms with E-state index >= 15 is 0 Å². The van der Waals surface area contributed by atoms with E-state index < -0.39 is 5.82 Å². The average Bonchev–Trinajstić information content (AvgIpc) is 2.90. The molecule has 0 unspecified atom stereocenters. The molecule has 22 heavy (non-hydrogen) atoms. The number of nitrogens with zero attached hydrogens (tertiary/aromatic N) is 5. The van der Waals surface area contributed by atoms with Crippen LogP contribution in [0, 0.1) is 12.7 Å². The maximum Gasteiger partial charge on any atom is 0.275 e. The lowest BCUT2D eigenvalue weighted by atomic mass is 10.2. The number of hydrogen-bond donors (Lipinski definition) is 0. The van der Waals surface area contributed by atoms with Crippen LogP contribution in [0.25, 0.3) is 5.78 Å². The van der Waals surface area contributed by atoms with Crippen LogP contribution in [0.2, 0.25) is 5.15 Å². The summed E-state index contributed by atoms with van der Waals surface area (Å²) in [5, 5.41) is 4.69. The van der Waals surface area contributed by atoms with Gasteiger partial charge in [-0.2, -0.15) is 9.50 Å². The molecule has 0 aliphatic rings. The van der Waals surface area contributed by atoms with Crippen molar-refractivity contribution in [1.82, 2.24) is 24.1 Å². The highest BCUT2D eigenvalue weighted by Crippen LogP contribution is 2.16. The highest BCUT2D eigenvalue weighted by Gasteiger charge is 2.14. The van der Waals surface area contributed by atoms with E-state index in [1.807, 2.05) is 6.26 Å². The van der Waals surface area contributed by atoms with E-state index in [0.717, 1.165) is 6.07 Å². The summed E-state index contributed by atoms with van der Waals surface area (Å²) >= 11 is 6.99. The van der Waals surface area contributed by atoms with Crippen molar-refractivity contribution in [3.8, 4) is 0 Å². The van der Waals surface area contributed by atoms with E-state index in [4.69, 9.17) is 11.6 Å². The third-order valence-corrected chi connectivity index (χ3v) is 3.93. The minimum Gasteiger partial charge on any atom is -0.310 e. The van der Waals surface area contributed by atoms with Crippen LogP contribution in [-0.2, 0) is 6.54 Å². The van der Waals surface area contributed by atoms with Crippen molar-refractivity contribution in [2.45, 2.75) is 18.6 Å². The molecule has 0 aliphatic carbocycles. The van der Waals surface area contributed by atoms with Crippen LogP contribution >= 0.6 is 23.4 Å². The van der Waals surface area contributed by atoms with Gasteiger partial charge in [0.25, 0.3) is 5.56 Å². The number of pyridine rings is 1. The third kappa shape index (κ3) is 2.59. The fourth-order valence-electron chi connectivity index (χ4n) is 2.09. The Morgan fingerprint density at radius 1 is 1.41 bits per heavy atom. The van der Waals surface area contributed by atoms with E-state index in [0.29, 0.717) is 22.2 Å². The first-order chi connectivity index (χ1) is 10.5. The van der Waals surface area contributed by atoms with E-state index in [2.05, 4.69) is 15.1 Å². The Labute approximate surface area is 134 Å². The number of halogens is 2. The monoisotopic (exact) mass is 339 g/mol. The van der Waals surface area contributed by atoms with Gasteiger partial charge in [0.1, 0.15) is 11.0 Å². The van der Waals surface area contributed by atoms with Crippen molar-refractivity contribution in [3.63, 3.8) is 0 Å². The van der Waals surface area contributed by atoms with Gasteiger partial charge in [-0.15, -0.1) is 5.10 Å². The molecule has 0 saturated carbocycles. The maximum absolute atomic E-state index is 14.0. The van der Waals surface area contributed by atoms with Crippen LogP contribution in [0.1, 0.15) is 11.3 Å². The lowest BCUT2D eigenvalue weighted by Gasteiger charge is -2.11. The van der Waals surface area contributed by atoms with Gasteiger partial charge in [0.2, 0.25) is 10.9 Å². The molecule has 0 atom stereocenters. The Hall–Kier alpha value is -1.93. The van der Waals surface area contributed by atoms with Gasteiger partial charge in [-0.05, 0) is 13.2 Å². The number of aromatic nitrogens is 5. The number of hydrogen-bond acceptors (Lipinski definition) is 5. The average molecular weight is 340 g/mol. The predicted molar refractivity (Wildman–Crippen MR) is 82.1 cm³/mol. The van der Waals surface area contributed by atoms with Crippen molar-refractivity contribution < 1.29 is 4.39 Å². The van der Waals surface area contributed by atoms with Crippen molar-refractivity contribution >= 4 is 29.1 Å². The van der Waals surface area contributed by atoms with Gasteiger partial charge >= 0.3 is 0 Å². The van der Waals surface area contributed by atoms with Crippen molar-refractivity contribution in [3.05, 3.63) is 50.9 Å². The molecule has 0 aliphatic heterocycles.